The van der Waals surface area contributed by atoms with Crippen LogP contribution in [0.15, 0.2) is 18.5 Å². The van der Waals surface area contributed by atoms with Gasteiger partial charge in [-0.3, -0.25) is 4.98 Å². The number of hydrogen-bond acceptors (Lipinski definition) is 2. The van der Waals surface area contributed by atoms with E-state index < -0.39 is 0 Å². The summed E-state index contributed by atoms with van der Waals surface area (Å²) in [7, 11) is 0. The summed E-state index contributed by atoms with van der Waals surface area (Å²) >= 11 is 0. The Hall–Kier alpha value is -1.05. The van der Waals surface area contributed by atoms with E-state index >= 15 is 0 Å². The van der Waals surface area contributed by atoms with Gasteiger partial charge in [-0.1, -0.05) is 19.8 Å². The van der Waals surface area contributed by atoms with Gasteiger partial charge in [-0.05, 0) is 25.0 Å². The maximum Gasteiger partial charge on any atom is 0.140 e. The molecule has 1 aromatic rings. The Bertz CT molecular complexity index is 248. The molecule has 13 heavy (non-hydrogen) atoms. The number of pyridine rings is 1. The van der Waals surface area contributed by atoms with E-state index in [4.69, 9.17) is 4.74 Å². The fraction of sp³-hybridized carbons (Fsp3) is 0.545. The number of rotatable bonds is 5. The van der Waals surface area contributed by atoms with Crippen LogP contribution < -0.4 is 4.74 Å². The molecule has 0 bridgehead atoms. The van der Waals surface area contributed by atoms with Crippen molar-refractivity contribution in [2.45, 2.75) is 33.1 Å². The molecule has 1 aromatic heterocycles. The van der Waals surface area contributed by atoms with Crippen molar-refractivity contribution in [2.75, 3.05) is 6.61 Å². The number of ether oxygens (including phenoxy) is 1. The lowest BCUT2D eigenvalue weighted by atomic mass is 10.2. The molecule has 0 aliphatic carbocycles. The van der Waals surface area contributed by atoms with Crippen molar-refractivity contribution < 1.29 is 4.74 Å². The molecule has 0 saturated carbocycles. The highest BCUT2D eigenvalue weighted by Gasteiger charge is 1.96. The van der Waals surface area contributed by atoms with Gasteiger partial charge in [0.2, 0.25) is 0 Å². The molecule has 72 valence electrons. The average Bonchev–Trinajstić information content (AvgIpc) is 2.15. The molecule has 2 nitrogen and oxygen atoms in total. The molecule has 0 unspecified atom stereocenters. The van der Waals surface area contributed by atoms with Crippen LogP contribution in [0.2, 0.25) is 0 Å². The molecular weight excluding hydrogens is 162 g/mol. The molecule has 0 radical (unpaired) electrons. The summed E-state index contributed by atoms with van der Waals surface area (Å²) < 4.78 is 5.58. The molecule has 0 N–H and O–H groups in total. The molecule has 0 aliphatic rings. The van der Waals surface area contributed by atoms with Gasteiger partial charge in [0.1, 0.15) is 5.75 Å². The maximum absolute atomic E-state index is 5.58. The van der Waals surface area contributed by atoms with Crippen LogP contribution in [0.3, 0.4) is 0 Å². The average molecular weight is 179 g/mol. The van der Waals surface area contributed by atoms with Crippen LogP contribution in [0.25, 0.3) is 0 Å². The lowest BCUT2D eigenvalue weighted by Gasteiger charge is -2.07. The first-order chi connectivity index (χ1) is 6.34. The lowest BCUT2D eigenvalue weighted by molar-refractivity contribution is 0.303. The van der Waals surface area contributed by atoms with Crippen molar-refractivity contribution in [3.05, 3.63) is 24.0 Å². The van der Waals surface area contributed by atoms with Gasteiger partial charge >= 0.3 is 0 Å². The minimum absolute atomic E-state index is 0.806. The molecular formula is C11H17NO. The topological polar surface area (TPSA) is 22.1 Å². The van der Waals surface area contributed by atoms with Gasteiger partial charge in [-0.15, -0.1) is 0 Å². The third-order valence-corrected chi connectivity index (χ3v) is 2.00. The quantitative estimate of drug-likeness (QED) is 0.648. The Balaban J connectivity index is 2.32. The number of hydrogen-bond donors (Lipinski definition) is 0. The molecule has 0 fully saturated rings. The van der Waals surface area contributed by atoms with Crippen LogP contribution >= 0.6 is 0 Å². The fourth-order valence-corrected chi connectivity index (χ4v) is 1.13. The van der Waals surface area contributed by atoms with E-state index in [1.54, 1.807) is 12.4 Å². The molecule has 0 amide bonds. The van der Waals surface area contributed by atoms with Crippen LogP contribution in [0.1, 0.15) is 31.7 Å². The van der Waals surface area contributed by atoms with Crippen LogP contribution in [0.5, 0.6) is 5.75 Å². The van der Waals surface area contributed by atoms with E-state index in [9.17, 15) is 0 Å². The van der Waals surface area contributed by atoms with Crippen molar-refractivity contribution in [3.8, 4) is 5.75 Å². The first-order valence-electron chi connectivity index (χ1n) is 4.88. The van der Waals surface area contributed by atoms with Crippen molar-refractivity contribution in [1.82, 2.24) is 4.98 Å². The summed E-state index contributed by atoms with van der Waals surface area (Å²) in [5.41, 5.74) is 1.16. The second-order valence-electron chi connectivity index (χ2n) is 3.20. The SMILES string of the molecule is CCCCCOc1cnccc1C. The highest BCUT2D eigenvalue weighted by molar-refractivity contribution is 5.27. The van der Waals surface area contributed by atoms with Gasteiger partial charge < -0.3 is 4.74 Å². The summed E-state index contributed by atoms with van der Waals surface area (Å²) in [5, 5.41) is 0. The zero-order valence-corrected chi connectivity index (χ0v) is 8.42. The highest BCUT2D eigenvalue weighted by Crippen LogP contribution is 2.14. The van der Waals surface area contributed by atoms with Crippen molar-refractivity contribution >= 4 is 0 Å². The monoisotopic (exact) mass is 179 g/mol. The second kappa shape index (κ2) is 5.57. The van der Waals surface area contributed by atoms with Gasteiger partial charge in [0, 0.05) is 6.20 Å². The standard InChI is InChI=1S/C11H17NO/c1-3-4-5-8-13-11-9-12-7-6-10(11)2/h6-7,9H,3-5,8H2,1-2H3. The fourth-order valence-electron chi connectivity index (χ4n) is 1.13. The van der Waals surface area contributed by atoms with Crippen LogP contribution in [0.4, 0.5) is 0 Å². The number of aryl methyl sites for hydroxylation is 1. The summed E-state index contributed by atoms with van der Waals surface area (Å²) in [6.45, 7) is 5.03. The Morgan fingerprint density at radius 1 is 1.38 bits per heavy atom. The third-order valence-electron chi connectivity index (χ3n) is 2.00. The maximum atomic E-state index is 5.58. The molecule has 2 heteroatoms. The normalized spacial score (nSPS) is 10.0. The van der Waals surface area contributed by atoms with Crippen molar-refractivity contribution in [2.24, 2.45) is 0 Å². The predicted octanol–water partition coefficient (Wildman–Crippen LogP) is 2.96. The van der Waals surface area contributed by atoms with Crippen molar-refractivity contribution in [1.29, 1.82) is 0 Å². The molecule has 0 aliphatic heterocycles. The zero-order chi connectivity index (χ0) is 9.52. The molecule has 1 heterocycles. The number of aromatic nitrogens is 1. The van der Waals surface area contributed by atoms with E-state index in [1.165, 1.54) is 12.8 Å². The largest absolute Gasteiger partial charge is 0.492 e. The van der Waals surface area contributed by atoms with Crippen LogP contribution in [-0.2, 0) is 0 Å². The zero-order valence-electron chi connectivity index (χ0n) is 8.42. The van der Waals surface area contributed by atoms with E-state index in [0.29, 0.717) is 0 Å². The summed E-state index contributed by atoms with van der Waals surface area (Å²) in [6, 6.07) is 1.97. The van der Waals surface area contributed by atoms with Gasteiger partial charge in [0.25, 0.3) is 0 Å². The van der Waals surface area contributed by atoms with E-state index in [1.807, 2.05) is 13.0 Å². The Kier molecular flexibility index (Phi) is 4.30. The Morgan fingerprint density at radius 3 is 2.92 bits per heavy atom. The van der Waals surface area contributed by atoms with E-state index in [-0.39, 0.29) is 0 Å². The highest BCUT2D eigenvalue weighted by atomic mass is 16.5. The van der Waals surface area contributed by atoms with Gasteiger partial charge in [-0.2, -0.15) is 0 Å². The number of nitrogens with zero attached hydrogens (tertiary/aromatic N) is 1. The molecule has 0 spiro atoms. The van der Waals surface area contributed by atoms with Gasteiger partial charge in [-0.25, -0.2) is 0 Å². The third kappa shape index (κ3) is 3.45. The first kappa shape index (κ1) is 10.0. The molecule has 0 atom stereocenters. The smallest absolute Gasteiger partial charge is 0.140 e. The van der Waals surface area contributed by atoms with Crippen LogP contribution in [0, 0.1) is 6.92 Å². The lowest BCUT2D eigenvalue weighted by Crippen LogP contribution is -1.98. The van der Waals surface area contributed by atoms with Gasteiger partial charge in [0.15, 0.2) is 0 Å². The summed E-state index contributed by atoms with van der Waals surface area (Å²) in [6.07, 6.45) is 7.16. The molecule has 0 saturated heterocycles. The van der Waals surface area contributed by atoms with Crippen LogP contribution in [-0.4, -0.2) is 11.6 Å². The van der Waals surface area contributed by atoms with E-state index in [0.717, 1.165) is 24.3 Å². The summed E-state index contributed by atoms with van der Waals surface area (Å²) in [5.74, 6) is 0.915. The molecule has 0 aromatic carbocycles. The predicted molar refractivity (Wildman–Crippen MR) is 54.0 cm³/mol. The first-order valence-corrected chi connectivity index (χ1v) is 4.88. The number of unbranched alkanes of at least 4 members (excludes halogenated alkanes) is 2. The minimum Gasteiger partial charge on any atom is -0.492 e. The van der Waals surface area contributed by atoms with E-state index in [2.05, 4.69) is 11.9 Å². The minimum atomic E-state index is 0.806. The Morgan fingerprint density at radius 2 is 2.23 bits per heavy atom. The summed E-state index contributed by atoms with van der Waals surface area (Å²) in [4.78, 5) is 4.02. The van der Waals surface area contributed by atoms with Gasteiger partial charge in [0.05, 0.1) is 12.8 Å². The Labute approximate surface area is 80.0 Å². The molecule has 1 rings (SSSR count). The second-order valence-corrected chi connectivity index (χ2v) is 3.20. The van der Waals surface area contributed by atoms with Crippen molar-refractivity contribution in [3.63, 3.8) is 0 Å².